The lowest BCUT2D eigenvalue weighted by atomic mass is 9.99. The van der Waals surface area contributed by atoms with Crippen molar-refractivity contribution in [3.63, 3.8) is 0 Å². The molecule has 1 aromatic rings. The average molecular weight is 399 g/mol. The maximum Gasteiger partial charge on any atom is 0.417 e. The van der Waals surface area contributed by atoms with E-state index in [9.17, 15) is 22.8 Å². The maximum absolute atomic E-state index is 12.6. The van der Waals surface area contributed by atoms with Crippen molar-refractivity contribution in [2.75, 3.05) is 12.9 Å². The van der Waals surface area contributed by atoms with Gasteiger partial charge in [0, 0.05) is 6.20 Å². The topological polar surface area (TPSA) is 68.3 Å². The molecule has 0 fully saturated rings. The zero-order chi connectivity index (χ0) is 19.2. The molecule has 1 rings (SSSR count). The van der Waals surface area contributed by atoms with E-state index >= 15 is 0 Å². The van der Waals surface area contributed by atoms with Crippen LogP contribution in [-0.4, -0.2) is 35.8 Å². The lowest BCUT2D eigenvalue weighted by Crippen LogP contribution is -2.46. The van der Waals surface area contributed by atoms with E-state index < -0.39 is 29.7 Å². The van der Waals surface area contributed by atoms with E-state index in [1.807, 2.05) is 6.92 Å². The molecule has 1 amide bonds. The predicted octanol–water partition coefficient (Wildman–Crippen LogP) is 3.55. The summed E-state index contributed by atoms with van der Waals surface area (Å²) in [5.41, 5.74) is -0.964. The van der Waals surface area contributed by atoms with Gasteiger partial charge in [0.2, 0.25) is 5.91 Å². The van der Waals surface area contributed by atoms with Crippen molar-refractivity contribution in [1.82, 2.24) is 10.3 Å². The molecule has 10 heteroatoms. The second kappa shape index (κ2) is 9.28. The second-order valence-corrected chi connectivity index (χ2v) is 6.62. The number of rotatable bonds is 7. The van der Waals surface area contributed by atoms with Crippen molar-refractivity contribution >= 4 is 35.2 Å². The molecule has 1 heterocycles. The molecule has 2 atom stereocenters. The highest BCUT2D eigenvalue weighted by atomic mass is 35.5. The Bertz CT molecular complexity index is 629. The molecule has 0 aliphatic heterocycles. The van der Waals surface area contributed by atoms with E-state index in [0.717, 1.165) is 17.8 Å². The van der Waals surface area contributed by atoms with Crippen LogP contribution in [0.4, 0.5) is 13.2 Å². The summed E-state index contributed by atoms with van der Waals surface area (Å²) in [4.78, 5) is 27.4. The van der Waals surface area contributed by atoms with E-state index in [2.05, 4.69) is 15.0 Å². The summed E-state index contributed by atoms with van der Waals surface area (Å²) < 4.78 is 42.3. The number of nitrogens with zero attached hydrogens (tertiary/aromatic N) is 1. The van der Waals surface area contributed by atoms with Crippen LogP contribution in [0, 0.1) is 5.92 Å². The molecule has 140 valence electrons. The minimum Gasteiger partial charge on any atom is -0.467 e. The smallest absolute Gasteiger partial charge is 0.417 e. The van der Waals surface area contributed by atoms with Gasteiger partial charge in [-0.1, -0.05) is 43.6 Å². The summed E-state index contributed by atoms with van der Waals surface area (Å²) in [5.74, 6) is -1.31. The molecule has 0 aliphatic carbocycles. The minimum atomic E-state index is -4.54. The Morgan fingerprint density at radius 1 is 1.44 bits per heavy atom. The van der Waals surface area contributed by atoms with Gasteiger partial charge in [0.1, 0.15) is 11.1 Å². The summed E-state index contributed by atoms with van der Waals surface area (Å²) >= 11 is 6.66. The lowest BCUT2D eigenvalue weighted by Gasteiger charge is -2.21. The third-order valence-electron chi connectivity index (χ3n) is 3.46. The first-order valence-electron chi connectivity index (χ1n) is 7.32. The number of aromatic nitrogens is 1. The third kappa shape index (κ3) is 6.39. The van der Waals surface area contributed by atoms with Crippen LogP contribution in [-0.2, 0) is 20.5 Å². The van der Waals surface area contributed by atoms with Gasteiger partial charge in [-0.2, -0.15) is 13.2 Å². The Morgan fingerprint density at radius 3 is 2.56 bits per heavy atom. The van der Waals surface area contributed by atoms with Gasteiger partial charge in [0.15, 0.2) is 0 Å². The molecule has 0 spiro atoms. The highest BCUT2D eigenvalue weighted by Gasteiger charge is 2.32. The van der Waals surface area contributed by atoms with Crippen LogP contribution in [0.1, 0.15) is 25.8 Å². The molecular weight excluding hydrogens is 381 g/mol. The molecular formula is C15H18ClF3N2O3S. The first-order chi connectivity index (χ1) is 11.6. The number of carbonyl (C=O) groups is 2. The summed E-state index contributed by atoms with van der Waals surface area (Å²) in [6, 6.07) is -0.0373. The normalized spacial score (nSPS) is 13.9. The van der Waals surface area contributed by atoms with Gasteiger partial charge in [-0.25, -0.2) is 9.78 Å². The van der Waals surface area contributed by atoms with E-state index in [4.69, 9.17) is 11.6 Å². The molecule has 1 aromatic heterocycles. The van der Waals surface area contributed by atoms with Crippen molar-refractivity contribution in [1.29, 1.82) is 0 Å². The largest absolute Gasteiger partial charge is 0.467 e. The fourth-order valence-electron chi connectivity index (χ4n) is 1.83. The number of methoxy groups -OCH3 is 1. The summed E-state index contributed by atoms with van der Waals surface area (Å²) in [6.07, 6.45) is -3.23. The maximum atomic E-state index is 12.6. The van der Waals surface area contributed by atoms with Crippen molar-refractivity contribution in [2.24, 2.45) is 5.92 Å². The lowest BCUT2D eigenvalue weighted by molar-refractivity contribution is -0.146. The zero-order valence-corrected chi connectivity index (χ0v) is 15.4. The van der Waals surface area contributed by atoms with Crippen molar-refractivity contribution in [3.8, 4) is 0 Å². The quantitative estimate of drug-likeness (QED) is 0.562. The predicted molar refractivity (Wildman–Crippen MR) is 88.4 cm³/mol. The number of ether oxygens (including phenoxy) is 1. The number of nitrogens with one attached hydrogen (secondary N) is 1. The fourth-order valence-corrected chi connectivity index (χ4v) is 2.84. The van der Waals surface area contributed by atoms with E-state index in [-0.39, 0.29) is 21.7 Å². The Kier molecular flexibility index (Phi) is 8.01. The molecule has 1 N–H and O–H groups in total. The van der Waals surface area contributed by atoms with Gasteiger partial charge in [0.25, 0.3) is 0 Å². The van der Waals surface area contributed by atoms with Crippen molar-refractivity contribution in [3.05, 3.63) is 22.8 Å². The molecule has 0 saturated carbocycles. The molecule has 0 saturated heterocycles. The number of hydrogen-bond donors (Lipinski definition) is 1. The van der Waals surface area contributed by atoms with Crippen LogP contribution in [0.15, 0.2) is 17.3 Å². The third-order valence-corrected chi connectivity index (χ3v) is 4.86. The SMILES string of the molecule is CCC(C)C(NC(=O)CSc1ncc(C(F)(F)F)cc1Cl)C(=O)OC. The highest BCUT2D eigenvalue weighted by Crippen LogP contribution is 2.33. The van der Waals surface area contributed by atoms with E-state index in [1.165, 1.54) is 7.11 Å². The van der Waals surface area contributed by atoms with Gasteiger partial charge in [-0.15, -0.1) is 0 Å². The standard InChI is InChI=1S/C15H18ClF3N2O3S/c1-4-8(2)12(14(23)24-3)21-11(22)7-25-13-10(16)5-9(6-20-13)15(17,18)19/h5-6,8,12H,4,7H2,1-3H3,(H,21,22). The second-order valence-electron chi connectivity index (χ2n) is 5.25. The molecule has 5 nitrogen and oxygen atoms in total. The Labute approximate surface area is 152 Å². The summed E-state index contributed by atoms with van der Waals surface area (Å²) in [6.45, 7) is 3.66. The van der Waals surface area contributed by atoms with Crippen LogP contribution in [0.5, 0.6) is 0 Å². The van der Waals surface area contributed by atoms with Crippen LogP contribution >= 0.6 is 23.4 Å². The average Bonchev–Trinajstić information content (AvgIpc) is 2.56. The Hall–Kier alpha value is -1.48. The van der Waals surface area contributed by atoms with Crippen LogP contribution in [0.25, 0.3) is 0 Å². The number of amides is 1. The van der Waals surface area contributed by atoms with Crippen molar-refractivity contribution in [2.45, 2.75) is 37.5 Å². The minimum absolute atomic E-state index is 0.1000. The van der Waals surface area contributed by atoms with E-state index in [0.29, 0.717) is 12.6 Å². The van der Waals surface area contributed by atoms with Crippen molar-refractivity contribution < 1.29 is 27.5 Å². The van der Waals surface area contributed by atoms with Gasteiger partial charge in [-0.05, 0) is 12.0 Å². The monoisotopic (exact) mass is 398 g/mol. The van der Waals surface area contributed by atoms with Crippen LogP contribution < -0.4 is 5.32 Å². The highest BCUT2D eigenvalue weighted by molar-refractivity contribution is 8.00. The molecule has 25 heavy (non-hydrogen) atoms. The molecule has 0 aromatic carbocycles. The van der Waals surface area contributed by atoms with Gasteiger partial charge in [0.05, 0.1) is 23.4 Å². The van der Waals surface area contributed by atoms with E-state index in [1.54, 1.807) is 6.92 Å². The van der Waals surface area contributed by atoms with Gasteiger partial charge < -0.3 is 10.1 Å². The fraction of sp³-hybridized carbons (Fsp3) is 0.533. The number of halogens is 4. The first kappa shape index (κ1) is 21.6. The number of hydrogen-bond acceptors (Lipinski definition) is 5. The Morgan fingerprint density at radius 2 is 2.08 bits per heavy atom. The molecule has 0 aliphatic rings. The molecule has 0 radical (unpaired) electrons. The number of carbonyl (C=O) groups excluding carboxylic acids is 2. The number of alkyl halides is 3. The Balaban J connectivity index is 2.71. The number of thioether (sulfide) groups is 1. The van der Waals surface area contributed by atoms with Gasteiger partial charge >= 0.3 is 12.1 Å². The zero-order valence-electron chi connectivity index (χ0n) is 13.8. The molecule has 2 unspecified atom stereocenters. The van der Waals surface area contributed by atoms with Crippen LogP contribution in [0.2, 0.25) is 5.02 Å². The number of esters is 1. The molecule has 0 bridgehead atoms. The summed E-state index contributed by atoms with van der Waals surface area (Å²) in [5, 5.41) is 2.46. The van der Waals surface area contributed by atoms with Gasteiger partial charge in [-0.3, -0.25) is 4.79 Å². The number of pyridine rings is 1. The summed E-state index contributed by atoms with van der Waals surface area (Å²) in [7, 11) is 1.23. The first-order valence-corrected chi connectivity index (χ1v) is 8.69. The van der Waals surface area contributed by atoms with Crippen LogP contribution in [0.3, 0.4) is 0 Å².